The van der Waals surface area contributed by atoms with Crippen LogP contribution in [0.5, 0.6) is 0 Å². The zero-order valence-corrected chi connectivity index (χ0v) is 51.4. The van der Waals surface area contributed by atoms with Gasteiger partial charge < -0.3 is 0 Å². The summed E-state index contributed by atoms with van der Waals surface area (Å²) >= 11 is -5.72. The molecule has 0 saturated carbocycles. The van der Waals surface area contributed by atoms with Crippen LogP contribution < -0.4 is 0 Å². The fourth-order valence-electron chi connectivity index (χ4n) is 15.6. The third-order valence-corrected chi connectivity index (χ3v) is 71.3. The Morgan fingerprint density at radius 2 is 0.500 bits per heavy atom. The molecule has 0 N–H and O–H groups in total. The molecule has 0 bridgehead atoms. The molecule has 391 valence electrons. The van der Waals surface area contributed by atoms with Gasteiger partial charge in [0.25, 0.3) is 0 Å². The first-order valence-electron chi connectivity index (χ1n) is 29.0. The first kappa shape index (κ1) is 50.1. The fourth-order valence-corrected chi connectivity index (χ4v) is 48.3. The summed E-state index contributed by atoms with van der Waals surface area (Å²) in [5, 5.41) is 19.7. The average molecular weight is 1180 g/mol. The predicted molar refractivity (Wildman–Crippen MR) is 358 cm³/mol. The number of hydrogen-bond acceptors (Lipinski definition) is 0. The van der Waals surface area contributed by atoms with E-state index in [2.05, 4.69) is 282 Å². The standard InChI is InChI=1S/2C38H25.C2H7Si.2ClH.Zr/c2*1-24-20-35-33(37-29-14-6-2-10-25(29)22-26-11-3-7-15-30(26)37)18-19-34(36(35)21-24)38-31-16-8-4-12-27(31)23-28-13-5-9-17-32(28)38;1-3-2;;;/h2*2-23H,1H3;3H,1-2H3;2*1H;/q;;;;;+2/p-2. The molecule has 2 unspecified atom stereocenters. The Hall–Kier alpha value is -7.68. The average Bonchev–Trinajstić information content (AvgIpc) is 2.27. The molecule has 2 atom stereocenters. The molecule has 4 heteroatoms. The second-order valence-corrected chi connectivity index (χ2v) is 66.3. The summed E-state index contributed by atoms with van der Waals surface area (Å²) in [5.41, 5.74) is 17.5. The molecule has 2 aliphatic carbocycles. The zero-order valence-electron chi connectivity index (χ0n) is 46.2. The molecule has 0 amide bonds. The van der Waals surface area contributed by atoms with Crippen molar-refractivity contribution in [3.63, 3.8) is 0 Å². The van der Waals surface area contributed by atoms with Gasteiger partial charge in [-0.3, -0.25) is 0 Å². The van der Waals surface area contributed by atoms with Crippen LogP contribution in [0.25, 0.3) is 143 Å². The molecule has 0 saturated heterocycles. The molecule has 0 aliphatic heterocycles. The van der Waals surface area contributed by atoms with Gasteiger partial charge in [0.2, 0.25) is 0 Å². The maximum atomic E-state index is 9.71. The molecule has 14 aromatic rings. The number of halogens is 2. The molecule has 0 radical (unpaired) electrons. The SMILES string of the molecule is CC1=Cc2c(-c3c4ccccc4cc4ccccc34)ccc(-c3c4ccccc4cc4ccccc34)c2[CH]1[Zr]([Cl])([Cl])([CH]1C(C)=Cc2c(-c3c4ccccc4cc4ccccc34)ccc(-c3c4ccccc4cc4ccccc34)c21)[SiH](C)C. The van der Waals surface area contributed by atoms with E-state index >= 15 is 0 Å². The van der Waals surface area contributed by atoms with E-state index in [0.717, 1.165) is 0 Å². The van der Waals surface area contributed by atoms with E-state index in [0.29, 0.717) is 0 Å². The van der Waals surface area contributed by atoms with Crippen molar-refractivity contribution in [3.05, 3.63) is 276 Å². The summed E-state index contributed by atoms with van der Waals surface area (Å²) in [5.74, 6) is -2.12. The van der Waals surface area contributed by atoms with Crippen molar-refractivity contribution < 1.29 is 15.6 Å². The van der Waals surface area contributed by atoms with Gasteiger partial charge >= 0.3 is 492 Å². The molecule has 14 aromatic carbocycles. The number of rotatable bonds is 7. The van der Waals surface area contributed by atoms with Gasteiger partial charge in [0.05, 0.1) is 0 Å². The van der Waals surface area contributed by atoms with Gasteiger partial charge in [-0.15, -0.1) is 0 Å². The molecule has 0 aromatic heterocycles. The van der Waals surface area contributed by atoms with Crippen LogP contribution in [0, 0.1) is 0 Å². The van der Waals surface area contributed by atoms with Crippen LogP contribution in [0.2, 0.25) is 13.1 Å². The van der Waals surface area contributed by atoms with Crippen LogP contribution in [0.3, 0.4) is 0 Å². The van der Waals surface area contributed by atoms with Crippen LogP contribution in [-0.4, -0.2) is 5.92 Å². The molecule has 0 spiro atoms. The van der Waals surface area contributed by atoms with Crippen molar-refractivity contribution in [2.75, 3.05) is 0 Å². The van der Waals surface area contributed by atoms with E-state index in [9.17, 15) is 17.0 Å². The third kappa shape index (κ3) is 7.18. The summed E-state index contributed by atoms with van der Waals surface area (Å²) in [7, 11) is 19.4. The van der Waals surface area contributed by atoms with E-state index in [1.165, 1.54) is 164 Å². The zero-order chi connectivity index (χ0) is 55.2. The molecule has 82 heavy (non-hydrogen) atoms. The van der Waals surface area contributed by atoms with Crippen molar-refractivity contribution in [2.24, 2.45) is 0 Å². The number of allylic oxidation sites excluding steroid dienone is 2. The van der Waals surface area contributed by atoms with Crippen LogP contribution >= 0.6 is 17.0 Å². The summed E-state index contributed by atoms with van der Waals surface area (Å²) < 4.78 is -0.447. The van der Waals surface area contributed by atoms with Crippen molar-refractivity contribution in [2.45, 2.75) is 34.2 Å². The van der Waals surface area contributed by atoms with Gasteiger partial charge in [-0.1, -0.05) is 0 Å². The quantitative estimate of drug-likeness (QED) is 0.110. The first-order valence-corrected chi connectivity index (χ1v) is 45.3. The van der Waals surface area contributed by atoms with Gasteiger partial charge in [-0.05, 0) is 0 Å². The fraction of sp³-hybridized carbons (Fsp3) is 0.0769. The maximum absolute atomic E-state index is 9.71. The minimum absolute atomic E-state index is 0.223. The van der Waals surface area contributed by atoms with Crippen molar-refractivity contribution in [1.82, 2.24) is 0 Å². The molecular formula is C78H57Cl2SiZr. The Kier molecular flexibility index (Phi) is 11.4. The summed E-state index contributed by atoms with van der Waals surface area (Å²) in [4.78, 5) is 0. The van der Waals surface area contributed by atoms with Gasteiger partial charge in [-0.25, -0.2) is 0 Å². The molecule has 16 rings (SSSR count). The van der Waals surface area contributed by atoms with E-state index in [1.54, 1.807) is 0 Å². The topological polar surface area (TPSA) is 0 Å². The Bertz CT molecular complexity index is 4650. The Labute approximate surface area is 487 Å². The first-order chi connectivity index (χ1) is 40.0. The Morgan fingerprint density at radius 3 is 0.732 bits per heavy atom. The Balaban J connectivity index is 1.05. The second kappa shape index (κ2) is 18.7. The normalized spacial score (nSPS) is 15.7. The van der Waals surface area contributed by atoms with Crippen LogP contribution in [0.1, 0.15) is 43.4 Å². The van der Waals surface area contributed by atoms with Crippen molar-refractivity contribution >= 4 is 121 Å². The summed E-state index contributed by atoms with van der Waals surface area (Å²) in [6.07, 6.45) is 5.06. The molecule has 0 nitrogen and oxygen atoms in total. The Morgan fingerprint density at radius 1 is 0.293 bits per heavy atom. The molecule has 2 aliphatic rings. The minimum atomic E-state index is -5.72. The molecule has 0 fully saturated rings. The van der Waals surface area contributed by atoms with E-state index in [1.807, 2.05) is 0 Å². The third-order valence-electron chi connectivity index (χ3n) is 19.2. The number of fused-ring (bicyclic) bond motifs is 10. The number of hydrogen-bond donors (Lipinski definition) is 0. The summed E-state index contributed by atoms with van der Waals surface area (Å²) in [6.45, 7) is 9.77. The molecular weight excluding hydrogens is 1130 g/mol. The van der Waals surface area contributed by atoms with Gasteiger partial charge in [0, 0.05) is 0 Å². The van der Waals surface area contributed by atoms with Crippen molar-refractivity contribution in [1.29, 1.82) is 0 Å². The second-order valence-electron chi connectivity index (χ2n) is 23.8. The van der Waals surface area contributed by atoms with Crippen LogP contribution in [-0.2, 0) is 15.6 Å². The molecule has 0 heterocycles. The van der Waals surface area contributed by atoms with Crippen LogP contribution in [0.4, 0.5) is 0 Å². The number of benzene rings is 14. The monoisotopic (exact) mass is 1180 g/mol. The van der Waals surface area contributed by atoms with Gasteiger partial charge in [-0.2, -0.15) is 0 Å². The summed E-state index contributed by atoms with van der Waals surface area (Å²) in [6, 6.07) is 90.9. The van der Waals surface area contributed by atoms with E-state index < -0.39 is 21.5 Å². The van der Waals surface area contributed by atoms with E-state index in [-0.39, 0.29) is 7.25 Å². The van der Waals surface area contributed by atoms with Crippen molar-refractivity contribution in [3.8, 4) is 44.5 Å². The predicted octanol–water partition coefficient (Wildman–Crippen LogP) is 23.2. The van der Waals surface area contributed by atoms with Crippen LogP contribution in [0.15, 0.2) is 254 Å². The van der Waals surface area contributed by atoms with E-state index in [4.69, 9.17) is 0 Å². The van der Waals surface area contributed by atoms with Gasteiger partial charge in [0.1, 0.15) is 0 Å². The van der Waals surface area contributed by atoms with Gasteiger partial charge in [0.15, 0.2) is 0 Å².